The molecule has 33 heavy (non-hydrogen) atoms. The first kappa shape index (κ1) is 23.0. The lowest BCUT2D eigenvalue weighted by molar-refractivity contribution is -0.128. The Morgan fingerprint density at radius 2 is 2.09 bits per heavy atom. The molecule has 0 atom stereocenters. The number of nitrogens with zero attached hydrogens (tertiary/aromatic N) is 3. The average molecular weight is 521 g/mol. The number of alkyl halides is 3. The fourth-order valence-corrected chi connectivity index (χ4v) is 3.91. The molecule has 1 N–H and O–H groups in total. The van der Waals surface area contributed by atoms with Gasteiger partial charge in [0.1, 0.15) is 11.4 Å². The highest BCUT2D eigenvalue weighted by Gasteiger charge is 2.31. The van der Waals surface area contributed by atoms with Crippen LogP contribution in [0.2, 0.25) is 0 Å². The van der Waals surface area contributed by atoms with Gasteiger partial charge in [-0.05, 0) is 58.6 Å². The molecule has 2 aromatic heterocycles. The largest absolute Gasteiger partial charge is 0.495 e. The number of ether oxygens (including phenoxy) is 1. The van der Waals surface area contributed by atoms with Crippen molar-refractivity contribution in [1.82, 2.24) is 14.3 Å². The molecule has 1 aliphatic heterocycles. The molecule has 1 amide bonds. The predicted octanol–water partition coefficient (Wildman–Crippen LogP) is 4.52. The summed E-state index contributed by atoms with van der Waals surface area (Å²) in [7, 11) is 1.50. The van der Waals surface area contributed by atoms with Gasteiger partial charge in [0.25, 0.3) is 5.91 Å². The van der Waals surface area contributed by atoms with Crippen LogP contribution in [0.1, 0.15) is 28.2 Å². The summed E-state index contributed by atoms with van der Waals surface area (Å²) < 4.78 is 46.8. The van der Waals surface area contributed by atoms with E-state index in [-0.39, 0.29) is 23.8 Å². The number of methoxy groups -OCH3 is 1. The number of likely N-dealkylation sites (tertiary alicyclic amines) is 1. The Kier molecular flexibility index (Phi) is 6.51. The van der Waals surface area contributed by atoms with Gasteiger partial charge in [-0.15, -0.1) is 0 Å². The number of hydrogen-bond acceptors (Lipinski definition) is 4. The van der Waals surface area contributed by atoms with E-state index in [1.54, 1.807) is 35.2 Å². The first-order valence-corrected chi connectivity index (χ1v) is 11.0. The van der Waals surface area contributed by atoms with Gasteiger partial charge >= 0.3 is 6.18 Å². The molecular weight excluding hydrogens is 501 g/mol. The Bertz CT molecular complexity index is 1260. The number of fused-ring (bicyclic) bond motifs is 1. The summed E-state index contributed by atoms with van der Waals surface area (Å²) in [5.74, 6) is 6.03. The molecule has 1 aliphatic rings. The lowest BCUT2D eigenvalue weighted by Crippen LogP contribution is -2.42. The second-order valence-corrected chi connectivity index (χ2v) is 8.32. The van der Waals surface area contributed by atoms with Crippen LogP contribution in [0.5, 0.6) is 5.75 Å². The second kappa shape index (κ2) is 9.35. The molecule has 4 rings (SSSR count). The zero-order valence-electron chi connectivity index (χ0n) is 17.7. The van der Waals surface area contributed by atoms with Gasteiger partial charge < -0.3 is 19.4 Å². The van der Waals surface area contributed by atoms with Crippen LogP contribution >= 0.6 is 15.9 Å². The van der Waals surface area contributed by atoms with Crippen LogP contribution in [-0.2, 0) is 6.42 Å². The highest BCUT2D eigenvalue weighted by molar-refractivity contribution is 9.10. The van der Waals surface area contributed by atoms with Crippen molar-refractivity contribution in [1.29, 1.82) is 0 Å². The van der Waals surface area contributed by atoms with Crippen LogP contribution < -0.4 is 10.1 Å². The number of carbonyl (C=O) groups is 1. The highest BCUT2D eigenvalue weighted by atomic mass is 79.9. The minimum Gasteiger partial charge on any atom is -0.495 e. The maximum Gasteiger partial charge on any atom is 0.394 e. The average Bonchev–Trinajstić information content (AvgIpc) is 3.07. The van der Waals surface area contributed by atoms with Crippen LogP contribution in [0, 0.1) is 11.8 Å². The van der Waals surface area contributed by atoms with E-state index in [0.29, 0.717) is 27.1 Å². The summed E-state index contributed by atoms with van der Waals surface area (Å²) >= 11 is 3.32. The van der Waals surface area contributed by atoms with Crippen LogP contribution in [0.3, 0.4) is 0 Å². The molecule has 0 radical (unpaired) electrons. The van der Waals surface area contributed by atoms with E-state index in [9.17, 15) is 18.0 Å². The van der Waals surface area contributed by atoms with Crippen molar-refractivity contribution < 1.29 is 22.7 Å². The van der Waals surface area contributed by atoms with Crippen LogP contribution in [0.25, 0.3) is 5.65 Å². The van der Waals surface area contributed by atoms with Crippen LogP contribution in [0.4, 0.5) is 18.9 Å². The minimum absolute atomic E-state index is 0.0160. The second-order valence-electron chi connectivity index (χ2n) is 7.46. The topological polar surface area (TPSA) is 58.9 Å². The molecule has 3 heterocycles. The third-order valence-corrected chi connectivity index (χ3v) is 5.85. The van der Waals surface area contributed by atoms with Crippen molar-refractivity contribution in [3.63, 3.8) is 0 Å². The van der Waals surface area contributed by atoms with Crippen molar-refractivity contribution in [2.75, 3.05) is 32.1 Å². The fraction of sp³-hybridized carbons (Fsp3) is 0.304. The Hall–Kier alpha value is -3.19. The zero-order chi connectivity index (χ0) is 23.6. The number of carbonyl (C=O) groups excluding carboxylic acids is 1. The summed E-state index contributed by atoms with van der Waals surface area (Å²) in [4.78, 5) is 18.4. The molecule has 1 saturated heterocycles. The molecule has 0 saturated carbocycles. The monoisotopic (exact) mass is 520 g/mol. The molecule has 172 valence electrons. The first-order valence-electron chi connectivity index (χ1n) is 10.2. The van der Waals surface area contributed by atoms with Crippen LogP contribution in [-0.4, -0.2) is 53.1 Å². The molecule has 0 spiro atoms. The van der Waals surface area contributed by atoms with Crippen molar-refractivity contribution >= 4 is 33.2 Å². The van der Waals surface area contributed by atoms with Gasteiger partial charge in [-0.25, -0.2) is 4.98 Å². The predicted molar refractivity (Wildman–Crippen MR) is 122 cm³/mol. The number of benzene rings is 1. The van der Waals surface area contributed by atoms with E-state index in [0.717, 1.165) is 19.5 Å². The summed E-state index contributed by atoms with van der Waals surface area (Å²) in [6.45, 7) is 1.66. The van der Waals surface area contributed by atoms with Gasteiger partial charge in [0, 0.05) is 24.8 Å². The van der Waals surface area contributed by atoms with Gasteiger partial charge in [0.2, 0.25) is 0 Å². The van der Waals surface area contributed by atoms with Gasteiger partial charge in [-0.3, -0.25) is 4.79 Å². The maximum absolute atomic E-state index is 13.1. The molecule has 10 heteroatoms. The van der Waals surface area contributed by atoms with Crippen LogP contribution in [0.15, 0.2) is 41.0 Å². The van der Waals surface area contributed by atoms with Gasteiger partial charge in [0.05, 0.1) is 35.9 Å². The first-order chi connectivity index (χ1) is 15.8. The number of anilines is 1. The lowest BCUT2D eigenvalue weighted by atomic mass is 10.1. The van der Waals surface area contributed by atoms with Gasteiger partial charge in [-0.2, -0.15) is 13.2 Å². The minimum atomic E-state index is -4.39. The molecule has 3 aromatic rings. The number of amides is 1. The van der Waals surface area contributed by atoms with Gasteiger partial charge in [-0.1, -0.05) is 5.92 Å². The molecule has 1 fully saturated rings. The smallest absolute Gasteiger partial charge is 0.394 e. The number of pyridine rings is 1. The maximum atomic E-state index is 13.1. The number of aromatic nitrogens is 2. The Labute approximate surface area is 196 Å². The third kappa shape index (κ3) is 5.09. The Balaban J connectivity index is 1.52. The third-order valence-electron chi connectivity index (χ3n) is 5.24. The summed E-state index contributed by atoms with van der Waals surface area (Å²) in [5, 5.41) is 3.08. The van der Waals surface area contributed by atoms with Crippen molar-refractivity contribution in [3.05, 3.63) is 58.0 Å². The lowest BCUT2D eigenvalue weighted by Gasteiger charge is -2.31. The molecule has 0 aliphatic carbocycles. The van der Waals surface area contributed by atoms with Crippen molar-refractivity contribution in [3.8, 4) is 17.6 Å². The molecular formula is C23H20BrF3N4O2. The number of imidazole rings is 1. The van der Waals surface area contributed by atoms with Crippen molar-refractivity contribution in [2.24, 2.45) is 0 Å². The van der Waals surface area contributed by atoms with E-state index in [1.165, 1.54) is 17.7 Å². The fourth-order valence-electron chi connectivity index (χ4n) is 3.48. The highest BCUT2D eigenvalue weighted by Crippen LogP contribution is 2.28. The SMILES string of the molecule is COc1cc(C(=O)N2CCC2)ccc1NCC#Cc1nc2c(Br)cccn2c1CC(F)(F)F. The molecule has 0 unspecified atom stereocenters. The van der Waals surface area contributed by atoms with E-state index in [2.05, 4.69) is 38.1 Å². The standard InChI is InChI=1S/C23H20BrF3N4O2/c1-33-20-13-15(22(32)30-10-4-11-30)7-8-18(20)28-9-2-6-17-19(14-23(25,26)27)31-12-3-5-16(24)21(31)29-17/h3,5,7-8,12-13,28H,4,9-11,14H2,1H3. The number of nitrogens with one attached hydrogen (secondary N) is 1. The van der Waals surface area contributed by atoms with E-state index in [1.807, 2.05) is 0 Å². The van der Waals surface area contributed by atoms with E-state index in [4.69, 9.17) is 4.74 Å². The Morgan fingerprint density at radius 1 is 1.30 bits per heavy atom. The Morgan fingerprint density at radius 3 is 2.76 bits per heavy atom. The van der Waals surface area contributed by atoms with Crippen molar-refractivity contribution in [2.45, 2.75) is 19.0 Å². The molecule has 1 aromatic carbocycles. The summed E-state index contributed by atoms with van der Waals surface area (Å²) in [5.41, 5.74) is 1.59. The number of rotatable bonds is 5. The number of hydrogen-bond donors (Lipinski definition) is 1. The quantitative estimate of drug-likeness (QED) is 0.502. The summed E-state index contributed by atoms with van der Waals surface area (Å²) in [6.07, 6.45) is -2.99. The molecule has 0 bridgehead atoms. The van der Waals surface area contributed by atoms with Gasteiger partial charge in [0.15, 0.2) is 5.65 Å². The zero-order valence-corrected chi connectivity index (χ0v) is 19.3. The summed E-state index contributed by atoms with van der Waals surface area (Å²) in [6, 6.07) is 8.45. The normalized spacial score (nSPS) is 13.3. The van der Waals surface area contributed by atoms with E-state index < -0.39 is 12.6 Å². The molecule has 6 nitrogen and oxygen atoms in total. The van der Waals surface area contributed by atoms with E-state index >= 15 is 0 Å². The number of halogens is 4.